The van der Waals surface area contributed by atoms with E-state index in [-0.39, 0.29) is 18.4 Å². The largest absolute Gasteiger partial charge is 0.492 e. The average molecular weight is 403 g/mol. The SMILES string of the molecule is CC(C)COc1ccc(NC(=O)COc2ccc3c(c2)CCC(=O)N3)cc1Cl. The molecule has 1 aliphatic rings. The quantitative estimate of drug-likeness (QED) is 0.724. The number of rotatable bonds is 7. The summed E-state index contributed by atoms with van der Waals surface area (Å²) in [5, 5.41) is 6.01. The Labute approximate surface area is 169 Å². The van der Waals surface area contributed by atoms with Gasteiger partial charge >= 0.3 is 0 Å². The van der Waals surface area contributed by atoms with Crippen molar-refractivity contribution in [2.75, 3.05) is 23.8 Å². The number of hydrogen-bond acceptors (Lipinski definition) is 4. The Morgan fingerprint density at radius 3 is 2.75 bits per heavy atom. The van der Waals surface area contributed by atoms with Crippen molar-refractivity contribution in [1.29, 1.82) is 0 Å². The molecule has 0 bridgehead atoms. The van der Waals surface area contributed by atoms with Gasteiger partial charge in [-0.2, -0.15) is 0 Å². The van der Waals surface area contributed by atoms with Gasteiger partial charge in [0.1, 0.15) is 11.5 Å². The summed E-state index contributed by atoms with van der Waals surface area (Å²) < 4.78 is 11.2. The van der Waals surface area contributed by atoms with Crippen LogP contribution in [0.4, 0.5) is 11.4 Å². The number of benzene rings is 2. The molecule has 2 aromatic carbocycles. The molecule has 0 atom stereocenters. The Morgan fingerprint density at radius 2 is 2.00 bits per heavy atom. The zero-order valence-electron chi connectivity index (χ0n) is 15.9. The van der Waals surface area contributed by atoms with Gasteiger partial charge in [0, 0.05) is 17.8 Å². The van der Waals surface area contributed by atoms with Crippen LogP contribution in [0.15, 0.2) is 36.4 Å². The Morgan fingerprint density at radius 1 is 1.18 bits per heavy atom. The van der Waals surface area contributed by atoms with E-state index in [2.05, 4.69) is 24.5 Å². The molecule has 0 unspecified atom stereocenters. The number of ether oxygens (including phenoxy) is 2. The van der Waals surface area contributed by atoms with E-state index in [0.29, 0.717) is 47.6 Å². The zero-order chi connectivity index (χ0) is 20.1. The van der Waals surface area contributed by atoms with Crippen molar-refractivity contribution in [3.8, 4) is 11.5 Å². The fourth-order valence-corrected chi connectivity index (χ4v) is 2.98. The van der Waals surface area contributed by atoms with Crippen molar-refractivity contribution in [1.82, 2.24) is 0 Å². The Hall–Kier alpha value is -2.73. The minimum atomic E-state index is -0.294. The van der Waals surface area contributed by atoms with Crippen molar-refractivity contribution >= 4 is 34.8 Å². The first-order chi connectivity index (χ1) is 13.4. The van der Waals surface area contributed by atoms with Crippen LogP contribution in [0.25, 0.3) is 0 Å². The molecule has 0 aromatic heterocycles. The van der Waals surface area contributed by atoms with Gasteiger partial charge in [-0.25, -0.2) is 0 Å². The minimum Gasteiger partial charge on any atom is -0.492 e. The number of nitrogens with one attached hydrogen (secondary N) is 2. The number of aryl methyl sites for hydroxylation is 1. The summed E-state index contributed by atoms with van der Waals surface area (Å²) in [7, 11) is 0. The van der Waals surface area contributed by atoms with Gasteiger partial charge in [0.15, 0.2) is 6.61 Å². The van der Waals surface area contributed by atoms with E-state index in [4.69, 9.17) is 21.1 Å². The highest BCUT2D eigenvalue weighted by Gasteiger charge is 2.15. The second kappa shape index (κ2) is 8.97. The third-order valence-corrected chi connectivity index (χ3v) is 4.43. The van der Waals surface area contributed by atoms with Gasteiger partial charge in [-0.3, -0.25) is 9.59 Å². The molecule has 7 heteroatoms. The highest BCUT2D eigenvalue weighted by atomic mass is 35.5. The van der Waals surface area contributed by atoms with E-state index in [0.717, 1.165) is 11.3 Å². The van der Waals surface area contributed by atoms with E-state index in [1.54, 1.807) is 30.3 Å². The molecule has 2 aromatic rings. The predicted molar refractivity (Wildman–Crippen MR) is 109 cm³/mol. The van der Waals surface area contributed by atoms with Crippen LogP contribution in [0, 0.1) is 5.92 Å². The first kappa shape index (κ1) is 20.0. The third-order valence-electron chi connectivity index (χ3n) is 4.13. The summed E-state index contributed by atoms with van der Waals surface area (Å²) in [6.07, 6.45) is 1.11. The molecular weight excluding hydrogens is 380 g/mol. The number of anilines is 2. The molecule has 2 N–H and O–H groups in total. The summed E-state index contributed by atoms with van der Waals surface area (Å²) in [5.74, 6) is 1.29. The molecule has 1 heterocycles. The van der Waals surface area contributed by atoms with Crippen molar-refractivity contribution in [2.45, 2.75) is 26.7 Å². The smallest absolute Gasteiger partial charge is 0.262 e. The van der Waals surface area contributed by atoms with Gasteiger partial charge in [0.05, 0.1) is 11.6 Å². The highest BCUT2D eigenvalue weighted by molar-refractivity contribution is 6.32. The van der Waals surface area contributed by atoms with Gasteiger partial charge < -0.3 is 20.1 Å². The maximum absolute atomic E-state index is 12.2. The Kier molecular flexibility index (Phi) is 6.41. The molecule has 0 fully saturated rings. The maximum Gasteiger partial charge on any atom is 0.262 e. The van der Waals surface area contributed by atoms with Crippen molar-refractivity contribution in [2.24, 2.45) is 5.92 Å². The van der Waals surface area contributed by atoms with E-state index in [9.17, 15) is 9.59 Å². The average Bonchev–Trinajstić information content (AvgIpc) is 2.65. The Balaban J connectivity index is 1.53. The van der Waals surface area contributed by atoms with Crippen LogP contribution in [0.2, 0.25) is 5.02 Å². The predicted octanol–water partition coefficient (Wildman–Crippen LogP) is 4.28. The molecular formula is C21H23ClN2O4. The molecule has 2 amide bonds. The second-order valence-corrected chi connectivity index (χ2v) is 7.46. The molecule has 1 aliphatic heterocycles. The van der Waals surface area contributed by atoms with E-state index in [1.165, 1.54) is 0 Å². The number of carbonyl (C=O) groups excluding carboxylic acids is 2. The van der Waals surface area contributed by atoms with E-state index >= 15 is 0 Å². The number of hydrogen-bond donors (Lipinski definition) is 2. The lowest BCUT2D eigenvalue weighted by atomic mass is 10.0. The number of halogens is 1. The molecule has 0 saturated carbocycles. The maximum atomic E-state index is 12.2. The number of amides is 2. The van der Waals surface area contributed by atoms with Crippen LogP contribution in [-0.4, -0.2) is 25.0 Å². The lowest BCUT2D eigenvalue weighted by Crippen LogP contribution is -2.21. The van der Waals surface area contributed by atoms with Crippen molar-refractivity contribution in [3.63, 3.8) is 0 Å². The molecule has 0 spiro atoms. The topological polar surface area (TPSA) is 76.7 Å². The molecule has 148 valence electrons. The van der Waals surface area contributed by atoms with Crippen LogP contribution < -0.4 is 20.1 Å². The first-order valence-electron chi connectivity index (χ1n) is 9.18. The third kappa shape index (κ3) is 5.39. The molecule has 0 aliphatic carbocycles. The summed E-state index contributed by atoms with van der Waals surface area (Å²) in [6, 6.07) is 10.5. The minimum absolute atomic E-state index is 0.0137. The first-order valence-corrected chi connectivity index (χ1v) is 9.56. The molecule has 6 nitrogen and oxygen atoms in total. The summed E-state index contributed by atoms with van der Waals surface area (Å²) in [6.45, 7) is 4.56. The number of carbonyl (C=O) groups is 2. The van der Waals surface area contributed by atoms with E-state index in [1.807, 2.05) is 6.07 Å². The summed E-state index contributed by atoms with van der Waals surface area (Å²) in [5.41, 5.74) is 2.37. The fourth-order valence-electron chi connectivity index (χ4n) is 2.75. The van der Waals surface area contributed by atoms with Gasteiger partial charge in [-0.05, 0) is 54.3 Å². The van der Waals surface area contributed by atoms with Crippen LogP contribution in [0.3, 0.4) is 0 Å². The van der Waals surface area contributed by atoms with E-state index < -0.39 is 0 Å². The molecule has 0 saturated heterocycles. The zero-order valence-corrected chi connectivity index (χ0v) is 16.6. The summed E-state index contributed by atoms with van der Waals surface area (Å²) >= 11 is 6.21. The highest BCUT2D eigenvalue weighted by Crippen LogP contribution is 2.29. The second-order valence-electron chi connectivity index (χ2n) is 7.05. The van der Waals surface area contributed by atoms with Gasteiger partial charge in [-0.15, -0.1) is 0 Å². The molecule has 3 rings (SSSR count). The normalized spacial score (nSPS) is 12.9. The number of fused-ring (bicyclic) bond motifs is 1. The fraction of sp³-hybridized carbons (Fsp3) is 0.333. The van der Waals surface area contributed by atoms with Crippen LogP contribution in [0.5, 0.6) is 11.5 Å². The standard InChI is InChI=1S/C21H23ClN2O4/c1-13(2)11-28-19-7-4-15(10-17(19)22)23-21(26)12-27-16-5-6-18-14(9-16)3-8-20(25)24-18/h4-7,9-10,13H,3,8,11-12H2,1-2H3,(H,23,26)(H,24,25). The van der Waals surface area contributed by atoms with Gasteiger partial charge in [-0.1, -0.05) is 25.4 Å². The Bertz CT molecular complexity index is 883. The van der Waals surface area contributed by atoms with Crippen LogP contribution >= 0.6 is 11.6 Å². The lowest BCUT2D eigenvalue weighted by molar-refractivity contribution is -0.118. The lowest BCUT2D eigenvalue weighted by Gasteiger charge is -2.17. The monoisotopic (exact) mass is 402 g/mol. The summed E-state index contributed by atoms with van der Waals surface area (Å²) in [4.78, 5) is 23.6. The van der Waals surface area contributed by atoms with Crippen LogP contribution in [0.1, 0.15) is 25.8 Å². The van der Waals surface area contributed by atoms with Crippen LogP contribution in [-0.2, 0) is 16.0 Å². The van der Waals surface area contributed by atoms with Gasteiger partial charge in [0.25, 0.3) is 5.91 Å². The van der Waals surface area contributed by atoms with Crippen molar-refractivity contribution in [3.05, 3.63) is 47.0 Å². The molecule has 28 heavy (non-hydrogen) atoms. The molecule has 0 radical (unpaired) electrons. The van der Waals surface area contributed by atoms with Crippen molar-refractivity contribution < 1.29 is 19.1 Å². The van der Waals surface area contributed by atoms with Gasteiger partial charge in [0.2, 0.25) is 5.91 Å².